The van der Waals surface area contributed by atoms with E-state index in [1.165, 1.54) is 0 Å². The van der Waals surface area contributed by atoms with Crippen LogP contribution in [0, 0.1) is 0 Å². The Kier molecular flexibility index (Phi) is 3.89. The van der Waals surface area contributed by atoms with E-state index in [2.05, 4.69) is 0 Å². The Morgan fingerprint density at radius 1 is 1.00 bits per heavy atom. The molecule has 0 bridgehead atoms. The molecule has 0 aliphatic carbocycles. The summed E-state index contributed by atoms with van der Waals surface area (Å²) in [4.78, 5) is 0. The Labute approximate surface area is 110 Å². The van der Waals surface area contributed by atoms with Crippen molar-refractivity contribution in [3.63, 3.8) is 0 Å². The summed E-state index contributed by atoms with van der Waals surface area (Å²) in [6.07, 6.45) is 0. The first-order chi connectivity index (χ1) is 8.20. The smallest absolute Gasteiger partial charge is 0.146 e. The third kappa shape index (κ3) is 2.91. The highest BCUT2D eigenvalue weighted by Gasteiger charge is 2.07. The highest BCUT2D eigenvalue weighted by molar-refractivity contribution is 6.32. The fourth-order valence-electron chi connectivity index (χ4n) is 1.44. The third-order valence-electron chi connectivity index (χ3n) is 2.31. The third-order valence-corrected chi connectivity index (χ3v) is 2.85. The highest BCUT2D eigenvalue weighted by Crippen LogP contribution is 2.32. The normalized spacial score (nSPS) is 10.3. The van der Waals surface area contributed by atoms with Gasteiger partial charge in [-0.15, -0.1) is 0 Å². The molecule has 0 heterocycles. The molecule has 4 heteroatoms. The van der Waals surface area contributed by atoms with Crippen LogP contribution in [0.1, 0.15) is 5.56 Å². The first-order valence-corrected chi connectivity index (χ1v) is 5.87. The molecule has 0 aliphatic rings. The summed E-state index contributed by atoms with van der Waals surface area (Å²) in [7, 11) is 0. The van der Waals surface area contributed by atoms with Crippen LogP contribution in [0.4, 0.5) is 0 Å². The van der Waals surface area contributed by atoms with E-state index in [-0.39, 0.29) is 0 Å². The molecule has 2 nitrogen and oxygen atoms in total. The van der Waals surface area contributed by atoms with E-state index >= 15 is 0 Å². The van der Waals surface area contributed by atoms with Gasteiger partial charge in [-0.05, 0) is 24.3 Å². The number of halogens is 2. The van der Waals surface area contributed by atoms with Crippen molar-refractivity contribution in [2.24, 2.45) is 5.73 Å². The van der Waals surface area contributed by atoms with Crippen molar-refractivity contribution in [3.05, 3.63) is 58.1 Å². The molecule has 2 rings (SSSR count). The van der Waals surface area contributed by atoms with Gasteiger partial charge in [-0.25, -0.2) is 0 Å². The van der Waals surface area contributed by atoms with Crippen LogP contribution in [0.5, 0.6) is 11.5 Å². The van der Waals surface area contributed by atoms with Gasteiger partial charge in [0.1, 0.15) is 11.5 Å². The number of para-hydroxylation sites is 1. The molecule has 0 spiro atoms. The molecule has 2 aromatic carbocycles. The lowest BCUT2D eigenvalue weighted by Crippen LogP contribution is -1.99. The van der Waals surface area contributed by atoms with Gasteiger partial charge in [0.2, 0.25) is 0 Å². The lowest BCUT2D eigenvalue weighted by Gasteiger charge is -2.11. The van der Waals surface area contributed by atoms with Gasteiger partial charge in [-0.1, -0.05) is 41.4 Å². The molecule has 0 radical (unpaired) electrons. The number of nitrogens with two attached hydrogens (primary N) is 1. The van der Waals surface area contributed by atoms with Gasteiger partial charge in [-0.3, -0.25) is 0 Å². The molecular formula is C13H11Cl2NO. The minimum Gasteiger partial charge on any atom is -0.455 e. The second-order valence-electron chi connectivity index (χ2n) is 3.49. The van der Waals surface area contributed by atoms with Crippen molar-refractivity contribution >= 4 is 23.2 Å². The van der Waals surface area contributed by atoms with Crippen LogP contribution in [0.3, 0.4) is 0 Å². The van der Waals surface area contributed by atoms with Crippen molar-refractivity contribution in [3.8, 4) is 11.5 Å². The Morgan fingerprint density at radius 3 is 2.47 bits per heavy atom. The lowest BCUT2D eigenvalue weighted by molar-refractivity contribution is 0.476. The molecular weight excluding hydrogens is 257 g/mol. The maximum absolute atomic E-state index is 6.02. The van der Waals surface area contributed by atoms with Crippen molar-refractivity contribution in [2.45, 2.75) is 6.54 Å². The molecule has 0 saturated heterocycles. The molecule has 0 fully saturated rings. The van der Waals surface area contributed by atoms with E-state index in [1.54, 1.807) is 24.3 Å². The van der Waals surface area contributed by atoms with Crippen LogP contribution < -0.4 is 10.5 Å². The van der Waals surface area contributed by atoms with Gasteiger partial charge in [0.05, 0.1) is 5.02 Å². The fourth-order valence-corrected chi connectivity index (χ4v) is 1.77. The second-order valence-corrected chi connectivity index (χ2v) is 4.33. The molecule has 2 N–H and O–H groups in total. The maximum Gasteiger partial charge on any atom is 0.146 e. The first kappa shape index (κ1) is 12.2. The van der Waals surface area contributed by atoms with Crippen LogP contribution in [0.2, 0.25) is 10.0 Å². The number of benzene rings is 2. The zero-order chi connectivity index (χ0) is 12.3. The Balaban J connectivity index is 2.35. The second kappa shape index (κ2) is 5.41. The predicted octanol–water partition coefficient (Wildman–Crippen LogP) is 4.24. The minimum absolute atomic E-state index is 0.386. The molecule has 0 aliphatic heterocycles. The number of hydrogen-bond donors (Lipinski definition) is 1. The summed E-state index contributed by atoms with van der Waals surface area (Å²) >= 11 is 11.9. The molecule has 0 saturated carbocycles. The lowest BCUT2D eigenvalue weighted by atomic mass is 10.2. The van der Waals surface area contributed by atoms with E-state index in [4.69, 9.17) is 33.7 Å². The molecule has 88 valence electrons. The summed E-state index contributed by atoms with van der Waals surface area (Å²) in [6.45, 7) is 0.386. The summed E-state index contributed by atoms with van der Waals surface area (Å²) in [5.41, 5.74) is 6.52. The van der Waals surface area contributed by atoms with E-state index in [0.717, 1.165) is 5.56 Å². The quantitative estimate of drug-likeness (QED) is 0.903. The largest absolute Gasteiger partial charge is 0.455 e. The monoisotopic (exact) mass is 267 g/mol. The first-order valence-electron chi connectivity index (χ1n) is 5.11. The van der Waals surface area contributed by atoms with Gasteiger partial charge < -0.3 is 10.5 Å². The summed E-state index contributed by atoms with van der Waals surface area (Å²) < 4.78 is 5.72. The molecule has 0 aromatic heterocycles. The van der Waals surface area contributed by atoms with Gasteiger partial charge in [0.15, 0.2) is 0 Å². The topological polar surface area (TPSA) is 35.2 Å². The van der Waals surface area contributed by atoms with Gasteiger partial charge in [-0.2, -0.15) is 0 Å². The Bertz CT molecular complexity index is 529. The fraction of sp³-hybridized carbons (Fsp3) is 0.0769. The molecule has 17 heavy (non-hydrogen) atoms. The van der Waals surface area contributed by atoms with Crippen LogP contribution in [-0.2, 0) is 6.54 Å². The van der Waals surface area contributed by atoms with Crippen LogP contribution >= 0.6 is 23.2 Å². The zero-order valence-electron chi connectivity index (χ0n) is 8.99. The number of rotatable bonds is 3. The van der Waals surface area contributed by atoms with E-state index < -0.39 is 0 Å². The van der Waals surface area contributed by atoms with Gasteiger partial charge >= 0.3 is 0 Å². The Morgan fingerprint density at radius 2 is 1.76 bits per heavy atom. The molecule has 0 amide bonds. The van der Waals surface area contributed by atoms with E-state index in [0.29, 0.717) is 28.1 Å². The SMILES string of the molecule is NCc1ccc(Cl)cc1Oc1ccccc1Cl. The maximum atomic E-state index is 6.02. The summed E-state index contributed by atoms with van der Waals surface area (Å²) in [5, 5.41) is 1.15. The van der Waals surface area contributed by atoms with E-state index in [9.17, 15) is 0 Å². The van der Waals surface area contributed by atoms with E-state index in [1.807, 2.05) is 18.2 Å². The minimum atomic E-state index is 0.386. The number of hydrogen-bond acceptors (Lipinski definition) is 2. The predicted molar refractivity (Wildman–Crippen MR) is 70.9 cm³/mol. The van der Waals surface area contributed by atoms with Crippen LogP contribution in [0.15, 0.2) is 42.5 Å². The van der Waals surface area contributed by atoms with Crippen molar-refractivity contribution < 1.29 is 4.74 Å². The van der Waals surface area contributed by atoms with Crippen LogP contribution in [-0.4, -0.2) is 0 Å². The Hall–Kier alpha value is -1.22. The molecule has 2 aromatic rings. The average Bonchev–Trinajstić information content (AvgIpc) is 2.32. The molecule has 0 unspecified atom stereocenters. The summed E-state index contributed by atoms with van der Waals surface area (Å²) in [6, 6.07) is 12.6. The number of ether oxygens (including phenoxy) is 1. The summed E-state index contributed by atoms with van der Waals surface area (Å²) in [5.74, 6) is 1.22. The van der Waals surface area contributed by atoms with Crippen LogP contribution in [0.25, 0.3) is 0 Å². The zero-order valence-corrected chi connectivity index (χ0v) is 10.5. The average molecular weight is 268 g/mol. The molecule has 0 atom stereocenters. The van der Waals surface area contributed by atoms with Crippen molar-refractivity contribution in [1.29, 1.82) is 0 Å². The van der Waals surface area contributed by atoms with Crippen molar-refractivity contribution in [2.75, 3.05) is 0 Å². The highest BCUT2D eigenvalue weighted by atomic mass is 35.5. The standard InChI is InChI=1S/C13H11Cl2NO/c14-10-6-5-9(8-16)13(7-10)17-12-4-2-1-3-11(12)15/h1-7H,8,16H2. The van der Waals surface area contributed by atoms with Gasteiger partial charge in [0.25, 0.3) is 0 Å². The van der Waals surface area contributed by atoms with Gasteiger partial charge in [0, 0.05) is 17.1 Å². The van der Waals surface area contributed by atoms with Crippen molar-refractivity contribution in [1.82, 2.24) is 0 Å².